The van der Waals surface area contributed by atoms with Gasteiger partial charge in [-0.25, -0.2) is 0 Å². The number of halogens is 1. The standard InChI is InChI=1S/C6H5ClS.3C2H5.Pb/c7-5-1-3-6(8)4-2-5;3*1-2;/h1-4,8H;3*1H2,2H3;/q;;;;+1/p-1. The van der Waals surface area contributed by atoms with Crippen LogP contribution in [-0.2, 0) is 0 Å². The minimum atomic E-state index is -2.00. The SMILES string of the molecule is C[CH2][Pb]([CH2]C)([CH2]C)[S]c1ccc(Cl)cc1. The van der Waals surface area contributed by atoms with Crippen LogP contribution in [0.4, 0.5) is 0 Å². The molecule has 1 aromatic carbocycles. The average molecular weight is 438 g/mol. The van der Waals surface area contributed by atoms with Crippen LogP contribution < -0.4 is 0 Å². The van der Waals surface area contributed by atoms with Gasteiger partial charge in [0.15, 0.2) is 0 Å². The van der Waals surface area contributed by atoms with Crippen molar-refractivity contribution in [1.82, 2.24) is 0 Å². The maximum absolute atomic E-state index is 5.89. The van der Waals surface area contributed by atoms with Gasteiger partial charge in [-0.1, -0.05) is 0 Å². The van der Waals surface area contributed by atoms with Gasteiger partial charge < -0.3 is 0 Å². The molecule has 0 fully saturated rings. The van der Waals surface area contributed by atoms with Crippen molar-refractivity contribution in [2.45, 2.75) is 37.6 Å². The Kier molecular flexibility index (Phi) is 6.00. The topological polar surface area (TPSA) is 0 Å². The predicted molar refractivity (Wildman–Crippen MR) is 74.5 cm³/mol. The molecule has 84 valence electrons. The van der Waals surface area contributed by atoms with Crippen LogP contribution >= 0.6 is 19.9 Å². The molecule has 1 rings (SSSR count). The normalized spacial score (nSPS) is 11.7. The summed E-state index contributed by atoms with van der Waals surface area (Å²) < 4.78 is 4.31. The van der Waals surface area contributed by atoms with Gasteiger partial charge in [-0.15, -0.1) is 0 Å². The maximum atomic E-state index is 5.89. The third-order valence-corrected chi connectivity index (χ3v) is 34.7. The van der Waals surface area contributed by atoms with Crippen molar-refractivity contribution in [3.8, 4) is 0 Å². The van der Waals surface area contributed by atoms with E-state index >= 15 is 0 Å². The molecule has 0 amide bonds. The first-order valence-electron chi connectivity index (χ1n) is 5.60. The molecule has 0 bridgehead atoms. The molecule has 0 aliphatic carbocycles. The molecule has 0 atom stereocenters. The summed E-state index contributed by atoms with van der Waals surface area (Å²) >= 11 is 3.89. The van der Waals surface area contributed by atoms with E-state index in [4.69, 9.17) is 11.6 Å². The second kappa shape index (κ2) is 6.50. The van der Waals surface area contributed by atoms with Gasteiger partial charge in [0.2, 0.25) is 0 Å². The molecule has 0 unspecified atom stereocenters. The van der Waals surface area contributed by atoms with Crippen molar-refractivity contribution in [3.05, 3.63) is 29.3 Å². The Morgan fingerprint density at radius 2 is 1.47 bits per heavy atom. The Labute approximate surface area is 106 Å². The zero-order valence-corrected chi connectivity index (χ0v) is 15.2. The molecule has 1 aromatic rings. The molecule has 0 spiro atoms. The third kappa shape index (κ3) is 3.93. The summed E-state index contributed by atoms with van der Waals surface area (Å²) in [5.41, 5.74) is 0. The molecule has 0 heterocycles. The summed E-state index contributed by atoms with van der Waals surface area (Å²) in [4.78, 5) is 1.42. The molecule has 15 heavy (non-hydrogen) atoms. The average Bonchev–Trinajstić information content (AvgIpc) is 2.29. The van der Waals surface area contributed by atoms with Crippen molar-refractivity contribution < 1.29 is 0 Å². The van der Waals surface area contributed by atoms with E-state index in [1.54, 1.807) is 0 Å². The summed E-state index contributed by atoms with van der Waals surface area (Å²) in [7, 11) is 2.21. The zero-order valence-electron chi connectivity index (χ0n) is 9.72. The van der Waals surface area contributed by atoms with E-state index < -0.39 is 19.7 Å². The first-order chi connectivity index (χ1) is 7.15. The predicted octanol–water partition coefficient (Wildman–Crippen LogP) is 5.44. The fourth-order valence-electron chi connectivity index (χ4n) is 1.72. The van der Waals surface area contributed by atoms with E-state index in [1.807, 2.05) is 12.1 Å². The van der Waals surface area contributed by atoms with Gasteiger partial charge >= 0.3 is 106 Å². The summed E-state index contributed by atoms with van der Waals surface area (Å²) in [6.45, 7) is 7.12. The molecule has 0 nitrogen and oxygen atoms in total. The van der Waals surface area contributed by atoms with Crippen LogP contribution in [0.2, 0.25) is 17.0 Å². The van der Waals surface area contributed by atoms with Crippen molar-refractivity contribution in [2.24, 2.45) is 0 Å². The van der Waals surface area contributed by atoms with Crippen LogP contribution in [0, 0.1) is 0 Å². The molecule has 0 N–H and O–H groups in total. The van der Waals surface area contributed by atoms with Gasteiger partial charge in [-0.05, 0) is 0 Å². The van der Waals surface area contributed by atoms with Crippen LogP contribution in [0.1, 0.15) is 20.8 Å². The zero-order chi connectivity index (χ0) is 11.3. The van der Waals surface area contributed by atoms with Gasteiger partial charge in [-0.2, -0.15) is 0 Å². The van der Waals surface area contributed by atoms with Crippen molar-refractivity contribution in [2.75, 3.05) is 0 Å². The Bertz CT molecular complexity index is 285. The Hall–Kier alpha value is 0.782. The third-order valence-electron chi connectivity index (χ3n) is 3.08. The Morgan fingerprint density at radius 1 is 1.00 bits per heavy atom. The van der Waals surface area contributed by atoms with E-state index in [2.05, 4.69) is 41.2 Å². The number of hydrogen-bond acceptors (Lipinski definition) is 1. The fourth-order valence-corrected chi connectivity index (χ4v) is 21.3. The van der Waals surface area contributed by atoms with Gasteiger partial charge in [-0.3, -0.25) is 0 Å². The second-order valence-electron chi connectivity index (χ2n) is 3.80. The monoisotopic (exact) mass is 438 g/mol. The summed E-state index contributed by atoms with van der Waals surface area (Å²) in [6.07, 6.45) is 0. The molecule has 0 saturated heterocycles. The first-order valence-corrected chi connectivity index (χ1v) is 19.8. The van der Waals surface area contributed by atoms with Gasteiger partial charge in [0.25, 0.3) is 0 Å². The van der Waals surface area contributed by atoms with E-state index in [0.29, 0.717) is 0 Å². The van der Waals surface area contributed by atoms with Gasteiger partial charge in [0.05, 0.1) is 0 Å². The van der Waals surface area contributed by atoms with E-state index in [1.165, 1.54) is 16.8 Å². The van der Waals surface area contributed by atoms with E-state index in [9.17, 15) is 0 Å². The van der Waals surface area contributed by atoms with E-state index in [-0.39, 0.29) is 0 Å². The van der Waals surface area contributed by atoms with Crippen molar-refractivity contribution >= 4 is 39.6 Å². The van der Waals surface area contributed by atoms with Crippen LogP contribution in [0.5, 0.6) is 0 Å². The second-order valence-corrected chi connectivity index (χ2v) is 32.3. The molecular formula is C12H19ClPbS. The summed E-state index contributed by atoms with van der Waals surface area (Å²) in [5, 5.41) is 0.839. The van der Waals surface area contributed by atoms with Crippen LogP contribution in [0.25, 0.3) is 0 Å². The number of benzene rings is 1. The molecule has 0 radical (unpaired) electrons. The number of hydrogen-bond donors (Lipinski definition) is 0. The Morgan fingerprint density at radius 3 is 1.87 bits per heavy atom. The Balaban J connectivity index is 2.78. The van der Waals surface area contributed by atoms with Crippen LogP contribution in [-0.4, -0.2) is 19.7 Å². The van der Waals surface area contributed by atoms with Crippen LogP contribution in [0.3, 0.4) is 0 Å². The number of rotatable bonds is 5. The van der Waals surface area contributed by atoms with Crippen molar-refractivity contribution in [1.29, 1.82) is 0 Å². The van der Waals surface area contributed by atoms with Gasteiger partial charge in [0.1, 0.15) is 0 Å². The quantitative estimate of drug-likeness (QED) is 0.553. The summed E-state index contributed by atoms with van der Waals surface area (Å²) in [6, 6.07) is 8.35. The molecule has 0 aromatic heterocycles. The molecule has 0 aliphatic heterocycles. The van der Waals surface area contributed by atoms with Crippen molar-refractivity contribution in [3.63, 3.8) is 0 Å². The molecule has 3 heteroatoms. The minimum absolute atomic E-state index is 0.839. The van der Waals surface area contributed by atoms with Gasteiger partial charge in [0, 0.05) is 0 Å². The summed E-state index contributed by atoms with van der Waals surface area (Å²) in [5.74, 6) is 0. The molecule has 0 saturated carbocycles. The molecular weight excluding hydrogens is 419 g/mol. The van der Waals surface area contributed by atoms with Crippen LogP contribution in [0.15, 0.2) is 29.2 Å². The molecule has 0 aliphatic rings. The fraction of sp³-hybridized carbons (Fsp3) is 0.500. The van der Waals surface area contributed by atoms with E-state index in [0.717, 1.165) is 5.02 Å². The first kappa shape index (κ1) is 13.8.